The topological polar surface area (TPSA) is 18.5 Å². The molecule has 0 spiro atoms. The standard InChI is InChI=1S/C10H23O2P3/c1-4-7-13-10-14(8-5-2)12-15(11-13)9-6-3/h4-10H2,1-3H3. The number of hydrogen-bond acceptors (Lipinski definition) is 2. The molecule has 1 rings (SSSR count). The van der Waals surface area contributed by atoms with Crippen molar-refractivity contribution in [1.29, 1.82) is 0 Å². The first-order valence-corrected chi connectivity index (χ1v) is 10.6. The summed E-state index contributed by atoms with van der Waals surface area (Å²) in [5.74, 6) is 1.24. The highest BCUT2D eigenvalue weighted by molar-refractivity contribution is 7.80. The van der Waals surface area contributed by atoms with Crippen LogP contribution in [0.3, 0.4) is 0 Å². The fourth-order valence-corrected chi connectivity index (χ4v) is 10.5. The highest BCUT2D eigenvalue weighted by atomic mass is 31.3. The Balaban J connectivity index is 2.40. The van der Waals surface area contributed by atoms with Crippen molar-refractivity contribution in [2.45, 2.75) is 40.0 Å². The summed E-state index contributed by atoms with van der Waals surface area (Å²) in [5.41, 5.74) is 0. The maximum atomic E-state index is 6.07. The summed E-state index contributed by atoms with van der Waals surface area (Å²) in [4.78, 5) is 0. The van der Waals surface area contributed by atoms with E-state index >= 15 is 0 Å². The van der Waals surface area contributed by atoms with Gasteiger partial charge in [-0.3, -0.25) is 0 Å². The third-order valence-corrected chi connectivity index (χ3v) is 10.6. The summed E-state index contributed by atoms with van der Waals surface area (Å²) >= 11 is 0. The molecule has 1 fully saturated rings. The normalized spacial score (nSPS) is 31.8. The summed E-state index contributed by atoms with van der Waals surface area (Å²) in [5, 5.41) is 0. The zero-order chi connectivity index (χ0) is 11.1. The minimum Gasteiger partial charge on any atom is -0.310 e. The zero-order valence-electron chi connectivity index (χ0n) is 10.1. The molecule has 5 heteroatoms. The monoisotopic (exact) mass is 268 g/mol. The van der Waals surface area contributed by atoms with E-state index in [1.54, 1.807) is 0 Å². The van der Waals surface area contributed by atoms with Gasteiger partial charge in [0.1, 0.15) is 0 Å². The maximum absolute atomic E-state index is 6.07. The van der Waals surface area contributed by atoms with Gasteiger partial charge in [0.2, 0.25) is 0 Å². The first-order valence-electron chi connectivity index (χ1n) is 5.93. The van der Waals surface area contributed by atoms with Crippen molar-refractivity contribution in [3.63, 3.8) is 0 Å². The van der Waals surface area contributed by atoms with Crippen LogP contribution in [0.4, 0.5) is 0 Å². The Morgan fingerprint density at radius 3 is 1.67 bits per heavy atom. The molecule has 0 amide bonds. The Kier molecular flexibility index (Phi) is 7.92. The summed E-state index contributed by atoms with van der Waals surface area (Å²) in [7, 11) is -0.798. The molecule has 1 heterocycles. The van der Waals surface area contributed by atoms with Gasteiger partial charge >= 0.3 is 0 Å². The average Bonchev–Trinajstić information content (AvgIpc) is 2.19. The van der Waals surface area contributed by atoms with E-state index in [-0.39, 0.29) is 16.3 Å². The average molecular weight is 268 g/mol. The van der Waals surface area contributed by atoms with Crippen LogP contribution in [0, 0.1) is 0 Å². The van der Waals surface area contributed by atoms with E-state index in [0.717, 1.165) is 6.16 Å². The van der Waals surface area contributed by atoms with Gasteiger partial charge in [-0.1, -0.05) is 33.6 Å². The highest BCUT2D eigenvalue weighted by Crippen LogP contribution is 2.70. The molecule has 0 aliphatic carbocycles. The molecule has 0 bridgehead atoms. The molecular formula is C10H23O2P3. The summed E-state index contributed by atoms with van der Waals surface area (Å²) in [6, 6.07) is 0. The molecule has 90 valence electrons. The zero-order valence-corrected chi connectivity index (χ0v) is 12.8. The second-order valence-corrected chi connectivity index (χ2v) is 10.1. The Morgan fingerprint density at radius 1 is 0.800 bits per heavy atom. The van der Waals surface area contributed by atoms with E-state index in [2.05, 4.69) is 20.8 Å². The molecule has 0 aromatic heterocycles. The SMILES string of the molecule is CCCP1CP(CCC)OP(CCC)O1. The fourth-order valence-electron chi connectivity index (χ4n) is 1.49. The molecule has 2 atom stereocenters. The van der Waals surface area contributed by atoms with E-state index in [1.165, 1.54) is 37.5 Å². The van der Waals surface area contributed by atoms with E-state index in [0.29, 0.717) is 0 Å². The Morgan fingerprint density at radius 2 is 1.27 bits per heavy atom. The Hall–Kier alpha value is 1.21. The van der Waals surface area contributed by atoms with Crippen LogP contribution in [0.5, 0.6) is 0 Å². The lowest BCUT2D eigenvalue weighted by molar-refractivity contribution is 0.532. The predicted octanol–water partition coefficient (Wildman–Crippen LogP) is 5.33. The molecule has 1 aliphatic rings. The van der Waals surface area contributed by atoms with Crippen molar-refractivity contribution in [3.8, 4) is 0 Å². The first-order chi connectivity index (χ1) is 7.30. The third-order valence-electron chi connectivity index (χ3n) is 2.08. The van der Waals surface area contributed by atoms with Crippen LogP contribution in [0.1, 0.15) is 40.0 Å². The van der Waals surface area contributed by atoms with Gasteiger partial charge in [-0.15, -0.1) is 0 Å². The Labute approximate surface area is 98.1 Å². The van der Waals surface area contributed by atoms with E-state index in [4.69, 9.17) is 8.62 Å². The molecule has 2 unspecified atom stereocenters. The predicted molar refractivity (Wildman–Crippen MR) is 73.3 cm³/mol. The molecule has 0 aromatic carbocycles. The van der Waals surface area contributed by atoms with Crippen LogP contribution >= 0.6 is 24.7 Å². The lowest BCUT2D eigenvalue weighted by Gasteiger charge is -2.34. The van der Waals surface area contributed by atoms with Crippen LogP contribution < -0.4 is 0 Å². The molecular weight excluding hydrogens is 245 g/mol. The van der Waals surface area contributed by atoms with Gasteiger partial charge in [0.05, 0.1) is 0 Å². The lowest BCUT2D eigenvalue weighted by atomic mass is 10.6. The van der Waals surface area contributed by atoms with Crippen molar-refractivity contribution < 1.29 is 8.62 Å². The van der Waals surface area contributed by atoms with Crippen molar-refractivity contribution in [2.24, 2.45) is 0 Å². The summed E-state index contributed by atoms with van der Waals surface area (Å²) < 4.78 is 12.1. The highest BCUT2D eigenvalue weighted by Gasteiger charge is 2.29. The van der Waals surface area contributed by atoms with Gasteiger partial charge in [-0.25, -0.2) is 0 Å². The van der Waals surface area contributed by atoms with Crippen LogP contribution in [-0.2, 0) is 8.62 Å². The molecule has 15 heavy (non-hydrogen) atoms. The minimum absolute atomic E-state index is 0.141. The maximum Gasteiger partial charge on any atom is 0.177 e. The van der Waals surface area contributed by atoms with Gasteiger partial charge in [0, 0.05) is 28.4 Å². The lowest BCUT2D eigenvalue weighted by Crippen LogP contribution is -2.03. The largest absolute Gasteiger partial charge is 0.310 e. The van der Waals surface area contributed by atoms with Crippen LogP contribution in [-0.4, -0.2) is 24.4 Å². The van der Waals surface area contributed by atoms with Crippen molar-refractivity contribution >= 4 is 24.7 Å². The van der Waals surface area contributed by atoms with Crippen LogP contribution in [0.2, 0.25) is 0 Å². The molecule has 0 N–H and O–H groups in total. The number of hydrogen-bond donors (Lipinski definition) is 0. The molecule has 0 aromatic rings. The fraction of sp³-hybridized carbons (Fsp3) is 1.00. The van der Waals surface area contributed by atoms with E-state index in [9.17, 15) is 0 Å². The second-order valence-electron chi connectivity index (χ2n) is 3.77. The molecule has 1 aliphatic heterocycles. The quantitative estimate of drug-likeness (QED) is 0.606. The van der Waals surface area contributed by atoms with Gasteiger partial charge in [0.25, 0.3) is 0 Å². The Bertz CT molecular complexity index is 134. The second kappa shape index (κ2) is 8.32. The minimum atomic E-state index is -0.516. The van der Waals surface area contributed by atoms with Crippen LogP contribution in [0.25, 0.3) is 0 Å². The van der Waals surface area contributed by atoms with Crippen molar-refractivity contribution in [2.75, 3.05) is 24.4 Å². The van der Waals surface area contributed by atoms with Gasteiger partial charge in [0.15, 0.2) is 8.38 Å². The molecule has 0 saturated carbocycles. The van der Waals surface area contributed by atoms with Crippen molar-refractivity contribution in [3.05, 3.63) is 0 Å². The summed E-state index contributed by atoms with van der Waals surface area (Å²) in [6.45, 7) is 6.73. The molecule has 1 saturated heterocycles. The third kappa shape index (κ3) is 5.38. The molecule has 2 nitrogen and oxygen atoms in total. The smallest absolute Gasteiger partial charge is 0.177 e. The van der Waals surface area contributed by atoms with Crippen molar-refractivity contribution in [1.82, 2.24) is 0 Å². The van der Waals surface area contributed by atoms with Gasteiger partial charge < -0.3 is 8.62 Å². The van der Waals surface area contributed by atoms with Gasteiger partial charge in [-0.2, -0.15) is 0 Å². The number of rotatable bonds is 6. The van der Waals surface area contributed by atoms with E-state index < -0.39 is 8.38 Å². The summed E-state index contributed by atoms with van der Waals surface area (Å²) in [6.07, 6.45) is 7.41. The molecule has 0 radical (unpaired) electrons. The van der Waals surface area contributed by atoms with Crippen LogP contribution in [0.15, 0.2) is 0 Å². The van der Waals surface area contributed by atoms with Gasteiger partial charge in [-0.05, 0) is 18.7 Å². The van der Waals surface area contributed by atoms with E-state index in [1.807, 2.05) is 0 Å². The first kappa shape index (κ1) is 14.3.